The molecule has 5 rings (SSSR count). The molecule has 4 nitrogen and oxygen atoms in total. The molecule has 1 aliphatic heterocycles. The first-order valence-electron chi connectivity index (χ1n) is 9.37. The van der Waals surface area contributed by atoms with Crippen molar-refractivity contribution in [1.82, 2.24) is 14.5 Å². The molecule has 1 aliphatic rings. The number of ether oxygens (including phenoxy) is 1. The number of fused-ring (bicyclic) bond motifs is 4. The van der Waals surface area contributed by atoms with Gasteiger partial charge in [-0.2, -0.15) is 0 Å². The predicted molar refractivity (Wildman–Crippen MR) is 107 cm³/mol. The van der Waals surface area contributed by atoms with Gasteiger partial charge < -0.3 is 9.30 Å². The van der Waals surface area contributed by atoms with Crippen molar-refractivity contribution in [3.8, 4) is 0 Å². The highest BCUT2D eigenvalue weighted by molar-refractivity contribution is 6.14. The Bertz CT molecular complexity index is 1090. The minimum Gasteiger partial charge on any atom is -0.379 e. The van der Waals surface area contributed by atoms with E-state index < -0.39 is 0 Å². The molecule has 0 N–H and O–H groups in total. The number of hydrogen-bond acceptors (Lipinski definition) is 3. The first-order chi connectivity index (χ1) is 12.8. The first kappa shape index (κ1) is 15.8. The fourth-order valence-corrected chi connectivity index (χ4v) is 4.33. The van der Waals surface area contributed by atoms with Crippen LogP contribution in [-0.4, -0.2) is 47.3 Å². The third-order valence-corrected chi connectivity index (χ3v) is 5.66. The van der Waals surface area contributed by atoms with Gasteiger partial charge in [0, 0.05) is 60.2 Å². The quantitative estimate of drug-likeness (QED) is 0.562. The van der Waals surface area contributed by atoms with E-state index in [1.807, 2.05) is 12.4 Å². The molecule has 0 spiro atoms. The van der Waals surface area contributed by atoms with Crippen LogP contribution in [0.3, 0.4) is 0 Å². The van der Waals surface area contributed by atoms with E-state index >= 15 is 0 Å². The van der Waals surface area contributed by atoms with Crippen molar-refractivity contribution in [3.63, 3.8) is 0 Å². The van der Waals surface area contributed by atoms with Gasteiger partial charge in [0.25, 0.3) is 0 Å². The number of nitrogens with zero attached hydrogens (tertiary/aromatic N) is 3. The highest BCUT2D eigenvalue weighted by atomic mass is 16.5. The van der Waals surface area contributed by atoms with Crippen molar-refractivity contribution < 1.29 is 4.74 Å². The van der Waals surface area contributed by atoms with Gasteiger partial charge in [0.05, 0.1) is 18.7 Å². The molecule has 0 radical (unpaired) electrons. The molecule has 26 heavy (non-hydrogen) atoms. The van der Waals surface area contributed by atoms with Crippen molar-refractivity contribution in [3.05, 3.63) is 54.4 Å². The molecule has 2 aromatic heterocycles. The molecule has 2 aromatic carbocycles. The number of benzene rings is 2. The van der Waals surface area contributed by atoms with E-state index in [0.29, 0.717) is 0 Å². The molecule has 4 heteroatoms. The maximum Gasteiger partial charge on any atom is 0.0594 e. The SMILES string of the molecule is Cc1c2ccncc2cc2c3ccccc3n(CCN3CCOCC3)c12. The van der Waals surface area contributed by atoms with Crippen molar-refractivity contribution >= 4 is 32.6 Å². The Morgan fingerprint density at radius 2 is 1.85 bits per heavy atom. The number of hydrogen-bond donors (Lipinski definition) is 0. The molecule has 0 atom stereocenters. The van der Waals surface area contributed by atoms with Crippen LogP contribution < -0.4 is 0 Å². The lowest BCUT2D eigenvalue weighted by Gasteiger charge is -2.27. The van der Waals surface area contributed by atoms with Gasteiger partial charge in [-0.05, 0) is 36.1 Å². The van der Waals surface area contributed by atoms with Crippen LogP contribution >= 0.6 is 0 Å². The average Bonchev–Trinajstić information content (AvgIpc) is 3.01. The summed E-state index contributed by atoms with van der Waals surface area (Å²) in [7, 11) is 0. The van der Waals surface area contributed by atoms with Gasteiger partial charge in [-0.3, -0.25) is 9.88 Å². The van der Waals surface area contributed by atoms with E-state index in [-0.39, 0.29) is 0 Å². The average molecular weight is 345 g/mol. The minimum atomic E-state index is 0.851. The van der Waals surface area contributed by atoms with E-state index in [9.17, 15) is 0 Å². The Labute approximate surface area is 153 Å². The Hall–Kier alpha value is -2.43. The van der Waals surface area contributed by atoms with Gasteiger partial charge in [-0.1, -0.05) is 18.2 Å². The van der Waals surface area contributed by atoms with Crippen LogP contribution in [0, 0.1) is 6.92 Å². The zero-order chi connectivity index (χ0) is 17.5. The molecule has 0 saturated carbocycles. The van der Waals surface area contributed by atoms with Gasteiger partial charge in [0.15, 0.2) is 0 Å². The van der Waals surface area contributed by atoms with Crippen LogP contribution in [0.5, 0.6) is 0 Å². The zero-order valence-electron chi connectivity index (χ0n) is 15.1. The highest BCUT2D eigenvalue weighted by Gasteiger charge is 2.16. The summed E-state index contributed by atoms with van der Waals surface area (Å²) in [6, 6.07) is 13.2. The lowest BCUT2D eigenvalue weighted by Crippen LogP contribution is -2.38. The summed E-state index contributed by atoms with van der Waals surface area (Å²) in [4.78, 5) is 6.82. The van der Waals surface area contributed by atoms with Crippen molar-refractivity contribution in [2.75, 3.05) is 32.8 Å². The molecule has 1 saturated heterocycles. The van der Waals surface area contributed by atoms with Gasteiger partial charge in [0.1, 0.15) is 0 Å². The Balaban J connectivity index is 1.70. The summed E-state index contributed by atoms with van der Waals surface area (Å²) < 4.78 is 8.00. The zero-order valence-corrected chi connectivity index (χ0v) is 15.1. The number of pyridine rings is 1. The van der Waals surface area contributed by atoms with E-state index in [1.165, 1.54) is 38.1 Å². The highest BCUT2D eigenvalue weighted by Crippen LogP contribution is 2.35. The summed E-state index contributed by atoms with van der Waals surface area (Å²) in [5.41, 5.74) is 4.03. The predicted octanol–water partition coefficient (Wildman–Crippen LogP) is 3.98. The number of aromatic nitrogens is 2. The monoisotopic (exact) mass is 345 g/mol. The molecule has 0 bridgehead atoms. The fourth-order valence-electron chi connectivity index (χ4n) is 4.33. The van der Waals surface area contributed by atoms with Crippen molar-refractivity contribution in [1.29, 1.82) is 0 Å². The van der Waals surface area contributed by atoms with Gasteiger partial charge in [0.2, 0.25) is 0 Å². The Morgan fingerprint density at radius 3 is 2.73 bits per heavy atom. The van der Waals surface area contributed by atoms with Crippen LogP contribution in [0.15, 0.2) is 48.8 Å². The van der Waals surface area contributed by atoms with E-state index in [4.69, 9.17) is 4.74 Å². The standard InChI is InChI=1S/C22H23N3O/c1-16-18-6-7-23-15-17(18)14-20-19-4-2-3-5-21(19)25(22(16)20)9-8-24-10-12-26-13-11-24/h2-7,14-15H,8-13H2,1H3. The summed E-state index contributed by atoms with van der Waals surface area (Å²) in [5, 5.41) is 5.18. The molecule has 4 aromatic rings. The molecule has 0 unspecified atom stereocenters. The summed E-state index contributed by atoms with van der Waals surface area (Å²) in [6.07, 6.45) is 3.86. The van der Waals surface area contributed by atoms with Gasteiger partial charge in [-0.25, -0.2) is 0 Å². The largest absolute Gasteiger partial charge is 0.379 e. The Kier molecular flexibility index (Phi) is 3.88. The number of aryl methyl sites for hydroxylation is 1. The van der Waals surface area contributed by atoms with Crippen LogP contribution in [0.1, 0.15) is 5.56 Å². The third kappa shape index (κ3) is 2.49. The molecule has 0 amide bonds. The second-order valence-corrected chi connectivity index (χ2v) is 7.12. The summed E-state index contributed by atoms with van der Waals surface area (Å²) in [5.74, 6) is 0. The molecule has 0 aliphatic carbocycles. The van der Waals surface area contributed by atoms with E-state index in [1.54, 1.807) is 0 Å². The van der Waals surface area contributed by atoms with E-state index in [2.05, 4.69) is 57.8 Å². The van der Waals surface area contributed by atoms with Gasteiger partial charge in [-0.15, -0.1) is 0 Å². The summed E-state index contributed by atoms with van der Waals surface area (Å²) >= 11 is 0. The van der Waals surface area contributed by atoms with Crippen LogP contribution in [0.25, 0.3) is 32.6 Å². The number of para-hydroxylation sites is 1. The van der Waals surface area contributed by atoms with Crippen LogP contribution in [-0.2, 0) is 11.3 Å². The number of morpholine rings is 1. The smallest absolute Gasteiger partial charge is 0.0594 e. The lowest BCUT2D eigenvalue weighted by molar-refractivity contribution is 0.0366. The maximum atomic E-state index is 5.49. The topological polar surface area (TPSA) is 30.3 Å². The van der Waals surface area contributed by atoms with Crippen LogP contribution in [0.2, 0.25) is 0 Å². The second kappa shape index (κ2) is 6.38. The molecular weight excluding hydrogens is 322 g/mol. The summed E-state index contributed by atoms with van der Waals surface area (Å²) in [6.45, 7) is 8.07. The minimum absolute atomic E-state index is 0.851. The maximum absolute atomic E-state index is 5.49. The van der Waals surface area contributed by atoms with Gasteiger partial charge >= 0.3 is 0 Å². The molecule has 1 fully saturated rings. The molecule has 132 valence electrons. The molecule has 3 heterocycles. The van der Waals surface area contributed by atoms with E-state index in [0.717, 1.165) is 39.4 Å². The van der Waals surface area contributed by atoms with Crippen LogP contribution in [0.4, 0.5) is 0 Å². The fraction of sp³-hybridized carbons (Fsp3) is 0.318. The Morgan fingerprint density at radius 1 is 1.00 bits per heavy atom. The van der Waals surface area contributed by atoms with Crippen molar-refractivity contribution in [2.24, 2.45) is 0 Å². The first-order valence-corrected chi connectivity index (χ1v) is 9.37. The third-order valence-electron chi connectivity index (χ3n) is 5.66. The second-order valence-electron chi connectivity index (χ2n) is 7.12. The normalized spacial score (nSPS) is 16.0. The van der Waals surface area contributed by atoms with Crippen molar-refractivity contribution in [2.45, 2.75) is 13.5 Å². The number of rotatable bonds is 3. The lowest BCUT2D eigenvalue weighted by atomic mass is 10.0. The molecular formula is C22H23N3O.